The van der Waals surface area contributed by atoms with Crippen molar-refractivity contribution < 1.29 is 9.53 Å². The molecule has 0 amide bonds. The van der Waals surface area contributed by atoms with E-state index >= 15 is 0 Å². The molecular weight excluding hydrogens is 441 g/mol. The standard InChI is InChI=1S/C20H31N3O2.HI/c1-5-25-19(24)17-9-11-23(12-10-17)20(21-4)22-14-16(3)18-8-6-7-15(2)13-18;/h6-8,13,16-17H,5,9-12,14H2,1-4H3,(H,21,22);1H. The number of carbonyl (C=O) groups is 1. The maximum atomic E-state index is 11.9. The highest BCUT2D eigenvalue weighted by Crippen LogP contribution is 2.19. The van der Waals surface area contributed by atoms with Crippen molar-refractivity contribution in [2.75, 3.05) is 33.3 Å². The summed E-state index contributed by atoms with van der Waals surface area (Å²) < 4.78 is 5.14. The Morgan fingerprint density at radius 3 is 2.65 bits per heavy atom. The number of aliphatic imine (C=N–C) groups is 1. The maximum absolute atomic E-state index is 11.9. The summed E-state index contributed by atoms with van der Waals surface area (Å²) in [4.78, 5) is 18.5. The van der Waals surface area contributed by atoms with Crippen molar-refractivity contribution >= 4 is 35.9 Å². The second kappa shape index (κ2) is 11.4. The van der Waals surface area contributed by atoms with E-state index in [1.54, 1.807) is 0 Å². The average molecular weight is 473 g/mol. The van der Waals surface area contributed by atoms with Gasteiger partial charge < -0.3 is 15.0 Å². The van der Waals surface area contributed by atoms with Crippen LogP contribution in [0, 0.1) is 12.8 Å². The van der Waals surface area contributed by atoms with E-state index in [2.05, 4.69) is 53.3 Å². The number of hydrogen-bond acceptors (Lipinski definition) is 3. The van der Waals surface area contributed by atoms with Crippen LogP contribution in [-0.2, 0) is 9.53 Å². The van der Waals surface area contributed by atoms with Crippen LogP contribution in [0.15, 0.2) is 29.3 Å². The zero-order chi connectivity index (χ0) is 18.2. The average Bonchev–Trinajstić information content (AvgIpc) is 2.62. The number of piperidine rings is 1. The number of hydrogen-bond donors (Lipinski definition) is 1. The molecule has 1 aromatic carbocycles. The summed E-state index contributed by atoms with van der Waals surface area (Å²) in [6.45, 7) is 9.17. The molecule has 1 N–H and O–H groups in total. The third kappa shape index (κ3) is 6.45. The predicted molar refractivity (Wildman–Crippen MR) is 117 cm³/mol. The van der Waals surface area contributed by atoms with Crippen molar-refractivity contribution in [2.24, 2.45) is 10.9 Å². The molecule has 0 aromatic heterocycles. The van der Waals surface area contributed by atoms with Gasteiger partial charge in [0, 0.05) is 26.7 Å². The van der Waals surface area contributed by atoms with Crippen molar-refractivity contribution in [3.63, 3.8) is 0 Å². The number of likely N-dealkylation sites (tertiary alicyclic amines) is 1. The van der Waals surface area contributed by atoms with E-state index < -0.39 is 0 Å². The molecule has 1 atom stereocenters. The Morgan fingerprint density at radius 1 is 1.38 bits per heavy atom. The minimum absolute atomic E-state index is 0. The van der Waals surface area contributed by atoms with Gasteiger partial charge in [0.15, 0.2) is 5.96 Å². The van der Waals surface area contributed by atoms with E-state index in [1.807, 2.05) is 14.0 Å². The van der Waals surface area contributed by atoms with Crippen LogP contribution >= 0.6 is 24.0 Å². The first-order chi connectivity index (χ1) is 12.0. The van der Waals surface area contributed by atoms with Crippen molar-refractivity contribution in [3.8, 4) is 0 Å². The lowest BCUT2D eigenvalue weighted by Crippen LogP contribution is -2.47. The highest BCUT2D eigenvalue weighted by Gasteiger charge is 2.27. The van der Waals surface area contributed by atoms with E-state index in [-0.39, 0.29) is 35.9 Å². The summed E-state index contributed by atoms with van der Waals surface area (Å²) in [7, 11) is 1.82. The zero-order valence-corrected chi connectivity index (χ0v) is 18.7. The molecule has 0 bridgehead atoms. The first kappa shape index (κ1) is 22.7. The number of nitrogens with zero attached hydrogens (tertiary/aromatic N) is 2. The Hall–Kier alpha value is -1.31. The highest BCUT2D eigenvalue weighted by molar-refractivity contribution is 14.0. The van der Waals surface area contributed by atoms with Crippen molar-refractivity contribution in [1.82, 2.24) is 10.2 Å². The topological polar surface area (TPSA) is 53.9 Å². The lowest BCUT2D eigenvalue weighted by Gasteiger charge is -2.33. The summed E-state index contributed by atoms with van der Waals surface area (Å²) in [5.41, 5.74) is 2.62. The molecule has 6 heteroatoms. The second-order valence-corrected chi connectivity index (χ2v) is 6.76. The molecule has 1 saturated heterocycles. The minimum Gasteiger partial charge on any atom is -0.466 e. The second-order valence-electron chi connectivity index (χ2n) is 6.76. The lowest BCUT2D eigenvalue weighted by molar-refractivity contribution is -0.149. The minimum atomic E-state index is -0.0573. The Labute approximate surface area is 174 Å². The summed E-state index contributed by atoms with van der Waals surface area (Å²) in [6.07, 6.45) is 1.65. The fourth-order valence-corrected chi connectivity index (χ4v) is 3.26. The first-order valence-electron chi connectivity index (χ1n) is 9.24. The zero-order valence-electron chi connectivity index (χ0n) is 16.3. The van der Waals surface area contributed by atoms with Crippen LogP contribution in [0.3, 0.4) is 0 Å². The normalized spacial score (nSPS) is 16.6. The van der Waals surface area contributed by atoms with Crippen LogP contribution in [0.4, 0.5) is 0 Å². The van der Waals surface area contributed by atoms with Gasteiger partial charge in [0.05, 0.1) is 12.5 Å². The molecule has 1 aromatic rings. The fraction of sp³-hybridized carbons (Fsp3) is 0.600. The molecule has 1 unspecified atom stereocenters. The van der Waals surface area contributed by atoms with Crippen LogP contribution in [0.25, 0.3) is 0 Å². The largest absolute Gasteiger partial charge is 0.466 e. The molecule has 1 heterocycles. The highest BCUT2D eigenvalue weighted by atomic mass is 127. The number of guanidine groups is 1. The van der Waals surface area contributed by atoms with E-state index in [0.717, 1.165) is 38.4 Å². The van der Waals surface area contributed by atoms with Gasteiger partial charge in [0.2, 0.25) is 0 Å². The van der Waals surface area contributed by atoms with Gasteiger partial charge in [-0.3, -0.25) is 9.79 Å². The maximum Gasteiger partial charge on any atom is 0.309 e. The number of benzene rings is 1. The number of ether oxygens (including phenoxy) is 1. The van der Waals surface area contributed by atoms with Crippen LogP contribution in [0.5, 0.6) is 0 Å². The van der Waals surface area contributed by atoms with Gasteiger partial charge in [-0.05, 0) is 38.2 Å². The molecule has 1 fully saturated rings. The Morgan fingerprint density at radius 2 is 2.08 bits per heavy atom. The van der Waals surface area contributed by atoms with Gasteiger partial charge >= 0.3 is 5.97 Å². The van der Waals surface area contributed by atoms with Gasteiger partial charge in [-0.2, -0.15) is 0 Å². The molecule has 2 rings (SSSR count). The summed E-state index contributed by atoms with van der Waals surface area (Å²) in [6, 6.07) is 8.64. The summed E-state index contributed by atoms with van der Waals surface area (Å²) in [5, 5.41) is 3.49. The molecule has 1 aliphatic heterocycles. The van der Waals surface area contributed by atoms with Gasteiger partial charge in [-0.15, -0.1) is 24.0 Å². The monoisotopic (exact) mass is 473 g/mol. The number of carbonyl (C=O) groups excluding carboxylic acids is 1. The van der Waals surface area contributed by atoms with Crippen LogP contribution in [-0.4, -0.2) is 50.1 Å². The molecule has 0 saturated carbocycles. The van der Waals surface area contributed by atoms with E-state index in [0.29, 0.717) is 12.5 Å². The van der Waals surface area contributed by atoms with E-state index in [9.17, 15) is 4.79 Å². The Kier molecular flexibility index (Phi) is 9.98. The molecule has 26 heavy (non-hydrogen) atoms. The molecule has 0 aliphatic carbocycles. The third-order valence-corrected chi connectivity index (χ3v) is 4.80. The number of aryl methyl sites for hydroxylation is 1. The van der Waals surface area contributed by atoms with Gasteiger partial charge in [-0.1, -0.05) is 36.8 Å². The number of halogens is 1. The Balaban J connectivity index is 0.00000338. The first-order valence-corrected chi connectivity index (χ1v) is 9.24. The van der Waals surface area contributed by atoms with Gasteiger partial charge in [0.1, 0.15) is 0 Å². The lowest BCUT2D eigenvalue weighted by atomic mass is 9.97. The Bertz CT molecular complexity index is 598. The molecule has 146 valence electrons. The van der Waals surface area contributed by atoms with Gasteiger partial charge in [-0.25, -0.2) is 0 Å². The number of nitrogens with one attached hydrogen (secondary N) is 1. The summed E-state index contributed by atoms with van der Waals surface area (Å²) in [5.74, 6) is 1.30. The molecule has 1 aliphatic rings. The molecule has 0 spiro atoms. The van der Waals surface area contributed by atoms with Gasteiger partial charge in [0.25, 0.3) is 0 Å². The molecule has 0 radical (unpaired) electrons. The van der Waals surface area contributed by atoms with Crippen LogP contribution in [0.1, 0.15) is 43.7 Å². The van der Waals surface area contributed by atoms with Crippen LogP contribution < -0.4 is 5.32 Å². The van der Waals surface area contributed by atoms with E-state index in [4.69, 9.17) is 4.74 Å². The number of esters is 1. The number of rotatable bonds is 5. The smallest absolute Gasteiger partial charge is 0.309 e. The third-order valence-electron chi connectivity index (χ3n) is 4.80. The molecular formula is C20H32IN3O2. The predicted octanol–water partition coefficient (Wildman–Crippen LogP) is 3.57. The van der Waals surface area contributed by atoms with E-state index in [1.165, 1.54) is 11.1 Å². The van der Waals surface area contributed by atoms with Crippen LogP contribution in [0.2, 0.25) is 0 Å². The van der Waals surface area contributed by atoms with Crippen molar-refractivity contribution in [2.45, 2.75) is 39.5 Å². The van der Waals surface area contributed by atoms with Crippen molar-refractivity contribution in [1.29, 1.82) is 0 Å². The summed E-state index contributed by atoms with van der Waals surface area (Å²) >= 11 is 0. The molecule has 5 nitrogen and oxygen atoms in total. The quantitative estimate of drug-likeness (QED) is 0.308. The fourth-order valence-electron chi connectivity index (χ4n) is 3.26. The SMILES string of the molecule is CCOC(=O)C1CCN(C(=NC)NCC(C)c2cccc(C)c2)CC1.I. The van der Waals surface area contributed by atoms with Crippen molar-refractivity contribution in [3.05, 3.63) is 35.4 Å².